The van der Waals surface area contributed by atoms with Gasteiger partial charge in [-0.2, -0.15) is 4.98 Å². The highest BCUT2D eigenvalue weighted by Crippen LogP contribution is 2.20. The summed E-state index contributed by atoms with van der Waals surface area (Å²) in [6, 6.07) is 13.9. The minimum absolute atomic E-state index is 0.0415. The molecule has 4 aromatic rings. The summed E-state index contributed by atoms with van der Waals surface area (Å²) in [5.74, 6) is -0.413. The van der Waals surface area contributed by atoms with Gasteiger partial charge in [0.2, 0.25) is 11.9 Å². The fourth-order valence-electron chi connectivity index (χ4n) is 3.14. The van der Waals surface area contributed by atoms with E-state index in [2.05, 4.69) is 37.1 Å². The molecular formula is C23H20N8O2. The van der Waals surface area contributed by atoms with E-state index in [1.807, 2.05) is 24.3 Å². The van der Waals surface area contributed by atoms with Crippen molar-refractivity contribution in [3.05, 3.63) is 82.9 Å². The number of carbonyl (C=O) groups excluding carboxylic acids is 2. The van der Waals surface area contributed by atoms with Gasteiger partial charge in [-0.1, -0.05) is 36.9 Å². The summed E-state index contributed by atoms with van der Waals surface area (Å²) >= 11 is 0. The van der Waals surface area contributed by atoms with Gasteiger partial charge in [-0.05, 0) is 34.7 Å². The summed E-state index contributed by atoms with van der Waals surface area (Å²) in [5.41, 5.74) is 12.6. The number of aromatic nitrogens is 4. The van der Waals surface area contributed by atoms with Gasteiger partial charge >= 0.3 is 0 Å². The summed E-state index contributed by atoms with van der Waals surface area (Å²) in [6.07, 6.45) is 4.52. The Morgan fingerprint density at radius 1 is 1.00 bits per heavy atom. The number of nitrogens with two attached hydrogens (primary N) is 2. The quantitative estimate of drug-likeness (QED) is 0.287. The van der Waals surface area contributed by atoms with Gasteiger partial charge in [0.15, 0.2) is 0 Å². The number of hydrogen-bond donors (Lipinski definition) is 5. The molecule has 0 atom stereocenters. The third-order valence-corrected chi connectivity index (χ3v) is 4.70. The number of benzene rings is 2. The Balaban J connectivity index is 1.57. The van der Waals surface area contributed by atoms with Crippen molar-refractivity contribution in [2.24, 2.45) is 5.73 Å². The van der Waals surface area contributed by atoms with Gasteiger partial charge in [0.1, 0.15) is 11.3 Å². The highest BCUT2D eigenvalue weighted by atomic mass is 16.2. The second-order valence-corrected chi connectivity index (χ2v) is 6.96. The van der Waals surface area contributed by atoms with Crippen LogP contribution in [0, 0.1) is 0 Å². The lowest BCUT2D eigenvalue weighted by Gasteiger charge is -2.05. The predicted molar refractivity (Wildman–Crippen MR) is 127 cm³/mol. The third-order valence-electron chi connectivity index (χ3n) is 4.70. The SMILES string of the molecule is C=C(/C=c1/cccc/c1=C/N)C(=O)Nc1nc2c(C(=O)Nc3ccnc(N)n3)cccc2[nH]1. The average Bonchev–Trinajstić information content (AvgIpc) is 3.21. The van der Waals surface area contributed by atoms with Crippen LogP contribution in [0.25, 0.3) is 23.3 Å². The Morgan fingerprint density at radius 3 is 2.55 bits per heavy atom. The zero-order valence-electron chi connectivity index (χ0n) is 17.4. The minimum atomic E-state index is -0.455. The molecule has 0 bridgehead atoms. The third kappa shape index (κ3) is 4.69. The van der Waals surface area contributed by atoms with Crippen LogP contribution < -0.4 is 32.5 Å². The van der Waals surface area contributed by atoms with E-state index in [0.29, 0.717) is 16.6 Å². The molecule has 0 saturated heterocycles. The van der Waals surface area contributed by atoms with Gasteiger partial charge < -0.3 is 21.8 Å². The lowest BCUT2D eigenvalue weighted by atomic mass is 10.1. The van der Waals surface area contributed by atoms with E-state index in [4.69, 9.17) is 11.5 Å². The van der Waals surface area contributed by atoms with Gasteiger partial charge in [0, 0.05) is 18.0 Å². The van der Waals surface area contributed by atoms with Crippen molar-refractivity contribution in [3.8, 4) is 0 Å². The van der Waals surface area contributed by atoms with Gasteiger partial charge in [-0.15, -0.1) is 0 Å². The summed E-state index contributed by atoms with van der Waals surface area (Å²) < 4.78 is 0. The predicted octanol–water partition coefficient (Wildman–Crippen LogP) is 0.859. The van der Waals surface area contributed by atoms with Crippen molar-refractivity contribution in [3.63, 3.8) is 0 Å². The van der Waals surface area contributed by atoms with E-state index < -0.39 is 11.8 Å². The number of carbonyl (C=O) groups is 2. The number of fused-ring (bicyclic) bond motifs is 1. The molecule has 0 fully saturated rings. The van der Waals surface area contributed by atoms with E-state index in [0.717, 1.165) is 10.4 Å². The molecule has 2 heterocycles. The molecule has 4 rings (SSSR count). The Morgan fingerprint density at radius 2 is 1.79 bits per heavy atom. The number of aromatic amines is 1. The first-order valence-corrected chi connectivity index (χ1v) is 9.82. The first-order chi connectivity index (χ1) is 15.9. The Labute approximate surface area is 187 Å². The fourth-order valence-corrected chi connectivity index (χ4v) is 3.14. The van der Waals surface area contributed by atoms with Crippen LogP contribution in [0.15, 0.2) is 66.9 Å². The lowest BCUT2D eigenvalue weighted by Crippen LogP contribution is -2.26. The van der Waals surface area contributed by atoms with E-state index in [1.165, 1.54) is 18.5 Å². The molecule has 2 aromatic heterocycles. The van der Waals surface area contributed by atoms with Crippen molar-refractivity contribution in [1.29, 1.82) is 0 Å². The van der Waals surface area contributed by atoms with Crippen molar-refractivity contribution < 1.29 is 9.59 Å². The van der Waals surface area contributed by atoms with Crippen molar-refractivity contribution in [2.45, 2.75) is 0 Å². The number of anilines is 3. The van der Waals surface area contributed by atoms with E-state index in [-0.39, 0.29) is 23.3 Å². The summed E-state index contributed by atoms with van der Waals surface area (Å²) in [5, 5.41) is 6.85. The van der Waals surface area contributed by atoms with Crippen LogP contribution >= 0.6 is 0 Å². The van der Waals surface area contributed by atoms with Crippen molar-refractivity contribution in [2.75, 3.05) is 16.4 Å². The number of rotatable bonds is 5. The zero-order valence-corrected chi connectivity index (χ0v) is 17.4. The van der Waals surface area contributed by atoms with E-state index >= 15 is 0 Å². The van der Waals surface area contributed by atoms with E-state index in [1.54, 1.807) is 24.3 Å². The number of nitrogen functional groups attached to an aromatic ring is 1. The number of nitrogens with one attached hydrogen (secondary N) is 3. The lowest BCUT2D eigenvalue weighted by molar-refractivity contribution is -0.112. The number of H-pyrrole nitrogens is 1. The maximum absolute atomic E-state index is 12.8. The molecule has 0 radical (unpaired) electrons. The molecule has 0 saturated carbocycles. The van der Waals surface area contributed by atoms with Gasteiger partial charge in [0.25, 0.3) is 11.8 Å². The Kier molecular flexibility index (Phi) is 5.81. The van der Waals surface area contributed by atoms with Gasteiger partial charge in [-0.3, -0.25) is 14.9 Å². The largest absolute Gasteiger partial charge is 0.404 e. The molecule has 0 aliphatic rings. The summed E-state index contributed by atoms with van der Waals surface area (Å²) in [6.45, 7) is 3.82. The highest BCUT2D eigenvalue weighted by Gasteiger charge is 2.16. The molecule has 0 spiro atoms. The first kappa shape index (κ1) is 21.2. The van der Waals surface area contributed by atoms with Crippen LogP contribution in [0.3, 0.4) is 0 Å². The average molecular weight is 440 g/mol. The topological polar surface area (TPSA) is 165 Å². The standard InChI is InChI=1S/C23H20N8O2/c1-13(11-14-5-2-3-6-15(14)12-24)20(32)31-23-27-17-8-4-7-16(19(17)30-23)21(33)28-18-9-10-26-22(25)29-18/h2-12H,1,24H2,(H2,27,30,31,32)(H3,25,26,28,29,33)/b14-11-,15-12-. The van der Waals surface area contributed by atoms with Gasteiger partial charge in [0.05, 0.1) is 11.1 Å². The van der Waals surface area contributed by atoms with Crippen LogP contribution in [0.5, 0.6) is 0 Å². The highest BCUT2D eigenvalue weighted by molar-refractivity contribution is 6.12. The molecule has 2 aromatic carbocycles. The number of nitrogens with zero attached hydrogens (tertiary/aromatic N) is 3. The summed E-state index contributed by atoms with van der Waals surface area (Å²) in [4.78, 5) is 40.5. The zero-order chi connectivity index (χ0) is 23.4. The van der Waals surface area contributed by atoms with E-state index in [9.17, 15) is 9.59 Å². The fraction of sp³-hybridized carbons (Fsp3) is 0. The smallest absolute Gasteiger partial charge is 0.259 e. The second kappa shape index (κ2) is 9.02. The Hall–Kier alpha value is -4.99. The second-order valence-electron chi connectivity index (χ2n) is 6.96. The number of imidazole rings is 1. The summed E-state index contributed by atoms with van der Waals surface area (Å²) in [7, 11) is 0. The molecule has 2 amide bonds. The van der Waals surface area contributed by atoms with Crippen LogP contribution in [-0.4, -0.2) is 31.8 Å². The molecule has 33 heavy (non-hydrogen) atoms. The minimum Gasteiger partial charge on any atom is -0.404 e. The molecule has 164 valence electrons. The normalized spacial score (nSPS) is 12.0. The maximum Gasteiger partial charge on any atom is 0.259 e. The molecule has 0 aliphatic heterocycles. The van der Waals surface area contributed by atoms with Gasteiger partial charge in [-0.25, -0.2) is 9.97 Å². The van der Waals surface area contributed by atoms with Crippen LogP contribution in [0.1, 0.15) is 10.4 Å². The molecule has 0 aliphatic carbocycles. The number of para-hydroxylation sites is 1. The van der Waals surface area contributed by atoms with Crippen LogP contribution in [0.4, 0.5) is 17.7 Å². The van der Waals surface area contributed by atoms with Crippen LogP contribution in [-0.2, 0) is 4.79 Å². The molecule has 0 unspecified atom stereocenters. The van der Waals surface area contributed by atoms with Crippen molar-refractivity contribution >= 4 is 52.8 Å². The number of amides is 2. The molecule has 10 heteroatoms. The van der Waals surface area contributed by atoms with Crippen molar-refractivity contribution in [1.82, 2.24) is 19.9 Å². The number of hydrogen-bond acceptors (Lipinski definition) is 7. The Bertz CT molecular complexity index is 1510. The first-order valence-electron chi connectivity index (χ1n) is 9.82. The monoisotopic (exact) mass is 440 g/mol. The maximum atomic E-state index is 12.8. The van der Waals surface area contributed by atoms with Crippen LogP contribution in [0.2, 0.25) is 0 Å². The molecule has 7 N–H and O–H groups in total. The molecule has 10 nitrogen and oxygen atoms in total. The molecular weight excluding hydrogens is 420 g/mol.